The number of nitrogens with zero attached hydrogens (tertiary/aromatic N) is 2. The van der Waals surface area contributed by atoms with E-state index in [9.17, 15) is 0 Å². The molecule has 0 amide bonds. The third-order valence-corrected chi connectivity index (χ3v) is 4.62. The number of hydrogen-bond acceptors (Lipinski definition) is 3. The Bertz CT molecular complexity index is 409. The molecule has 3 nitrogen and oxygen atoms in total. The zero-order chi connectivity index (χ0) is 12.4. The molecule has 1 aliphatic heterocycles. The van der Waals surface area contributed by atoms with Crippen molar-refractivity contribution in [3.63, 3.8) is 0 Å². The standard InChI is InChI=1S/C14H20BrN3.2ClH/c15-13-6-2-5-12(17-13)14(11-3-1-4-11)18-9-7-16-8-10-18;;/h2,5-6,11,14,16H,1,3-4,7-10H2;2*1H/t14-;;/m0../s1. The molecule has 20 heavy (non-hydrogen) atoms. The Kier molecular flexibility index (Phi) is 7.77. The van der Waals surface area contributed by atoms with Crippen LogP contribution in [0.3, 0.4) is 0 Å². The van der Waals surface area contributed by atoms with Crippen LogP contribution in [0.4, 0.5) is 0 Å². The molecule has 1 saturated heterocycles. The Labute approximate surface area is 141 Å². The summed E-state index contributed by atoms with van der Waals surface area (Å²) in [6.07, 6.45) is 4.12. The molecule has 1 atom stereocenters. The molecule has 0 unspecified atom stereocenters. The molecule has 114 valence electrons. The average Bonchev–Trinajstić information content (AvgIpc) is 2.34. The highest BCUT2D eigenvalue weighted by atomic mass is 79.9. The third-order valence-electron chi connectivity index (χ3n) is 4.18. The van der Waals surface area contributed by atoms with E-state index < -0.39 is 0 Å². The Morgan fingerprint density at radius 1 is 1.20 bits per heavy atom. The summed E-state index contributed by atoms with van der Waals surface area (Å²) >= 11 is 3.50. The second-order valence-corrected chi connectivity index (χ2v) is 6.12. The molecule has 6 heteroatoms. The van der Waals surface area contributed by atoms with E-state index in [1.807, 2.05) is 6.07 Å². The monoisotopic (exact) mass is 381 g/mol. The van der Waals surface area contributed by atoms with E-state index in [1.54, 1.807) is 0 Å². The summed E-state index contributed by atoms with van der Waals surface area (Å²) in [6.45, 7) is 4.51. The van der Waals surface area contributed by atoms with Gasteiger partial charge in [-0.05, 0) is 46.8 Å². The maximum absolute atomic E-state index is 4.71. The van der Waals surface area contributed by atoms with Crippen molar-refractivity contribution >= 4 is 40.7 Å². The van der Waals surface area contributed by atoms with Gasteiger partial charge in [-0.2, -0.15) is 0 Å². The van der Waals surface area contributed by atoms with Crippen LogP contribution in [0.2, 0.25) is 0 Å². The second-order valence-electron chi connectivity index (χ2n) is 5.31. The number of piperazine rings is 1. The molecule has 0 bridgehead atoms. The van der Waals surface area contributed by atoms with Crippen molar-refractivity contribution in [3.8, 4) is 0 Å². The van der Waals surface area contributed by atoms with E-state index in [0.29, 0.717) is 6.04 Å². The number of hydrogen-bond donors (Lipinski definition) is 1. The van der Waals surface area contributed by atoms with Crippen LogP contribution in [0.5, 0.6) is 0 Å². The van der Waals surface area contributed by atoms with E-state index in [-0.39, 0.29) is 24.8 Å². The highest BCUT2D eigenvalue weighted by Crippen LogP contribution is 2.41. The van der Waals surface area contributed by atoms with Gasteiger partial charge in [0.1, 0.15) is 4.60 Å². The van der Waals surface area contributed by atoms with Crippen LogP contribution in [0.25, 0.3) is 0 Å². The van der Waals surface area contributed by atoms with Crippen LogP contribution in [0.15, 0.2) is 22.8 Å². The Morgan fingerprint density at radius 3 is 2.45 bits per heavy atom. The van der Waals surface area contributed by atoms with Crippen molar-refractivity contribution < 1.29 is 0 Å². The molecule has 0 aromatic carbocycles. The van der Waals surface area contributed by atoms with Crippen molar-refractivity contribution in [1.82, 2.24) is 15.2 Å². The SMILES string of the molecule is Brc1cccc([C@H](C2CCC2)N2CCNCC2)n1.Cl.Cl. The summed E-state index contributed by atoms with van der Waals surface area (Å²) in [7, 11) is 0. The first-order chi connectivity index (χ1) is 8.84. The minimum Gasteiger partial charge on any atom is -0.314 e. The molecule has 2 aliphatic rings. The highest BCUT2D eigenvalue weighted by molar-refractivity contribution is 9.10. The van der Waals surface area contributed by atoms with Gasteiger partial charge < -0.3 is 5.32 Å². The summed E-state index contributed by atoms with van der Waals surface area (Å²) in [6, 6.07) is 6.84. The van der Waals surface area contributed by atoms with Crippen molar-refractivity contribution in [2.24, 2.45) is 5.92 Å². The summed E-state index contributed by atoms with van der Waals surface area (Å²) < 4.78 is 0.958. The molecule has 2 fully saturated rings. The summed E-state index contributed by atoms with van der Waals surface area (Å²) in [5.74, 6) is 0.810. The normalized spacial score (nSPS) is 21.2. The topological polar surface area (TPSA) is 28.2 Å². The Balaban J connectivity index is 0.000001000. The zero-order valence-corrected chi connectivity index (χ0v) is 14.6. The van der Waals surface area contributed by atoms with Gasteiger partial charge in [-0.3, -0.25) is 4.90 Å². The molecule has 1 saturated carbocycles. The minimum atomic E-state index is 0. The molecule has 1 aliphatic carbocycles. The van der Waals surface area contributed by atoms with Gasteiger partial charge in [-0.25, -0.2) is 4.98 Å². The minimum absolute atomic E-state index is 0. The van der Waals surface area contributed by atoms with E-state index in [2.05, 4.69) is 38.3 Å². The summed E-state index contributed by atoms with van der Waals surface area (Å²) in [4.78, 5) is 7.33. The van der Waals surface area contributed by atoms with E-state index in [4.69, 9.17) is 4.98 Å². The lowest BCUT2D eigenvalue weighted by Gasteiger charge is -2.42. The third kappa shape index (κ3) is 4.08. The van der Waals surface area contributed by atoms with Crippen molar-refractivity contribution in [2.75, 3.05) is 26.2 Å². The number of pyridine rings is 1. The molecule has 0 spiro atoms. The molecule has 2 heterocycles. The van der Waals surface area contributed by atoms with Gasteiger partial charge in [0.15, 0.2) is 0 Å². The van der Waals surface area contributed by atoms with E-state index in [1.165, 1.54) is 25.0 Å². The number of rotatable bonds is 3. The van der Waals surface area contributed by atoms with Crippen molar-refractivity contribution in [2.45, 2.75) is 25.3 Å². The largest absolute Gasteiger partial charge is 0.314 e. The van der Waals surface area contributed by atoms with Gasteiger partial charge in [0.2, 0.25) is 0 Å². The highest BCUT2D eigenvalue weighted by Gasteiger charge is 2.34. The van der Waals surface area contributed by atoms with Gasteiger partial charge in [0.05, 0.1) is 11.7 Å². The lowest BCUT2D eigenvalue weighted by molar-refractivity contribution is 0.0808. The second kappa shape index (κ2) is 8.54. The van der Waals surface area contributed by atoms with Gasteiger partial charge >= 0.3 is 0 Å². The van der Waals surface area contributed by atoms with E-state index >= 15 is 0 Å². The number of halogens is 3. The zero-order valence-electron chi connectivity index (χ0n) is 11.4. The first-order valence-electron chi connectivity index (χ1n) is 6.92. The molecular weight excluding hydrogens is 361 g/mol. The van der Waals surface area contributed by atoms with Gasteiger partial charge in [-0.1, -0.05) is 12.5 Å². The fourth-order valence-corrected chi connectivity index (χ4v) is 3.39. The Hall–Kier alpha value is 0.130. The fraction of sp³-hybridized carbons (Fsp3) is 0.643. The van der Waals surface area contributed by atoms with Crippen molar-refractivity contribution in [3.05, 3.63) is 28.5 Å². The summed E-state index contributed by atoms with van der Waals surface area (Å²) in [5, 5.41) is 3.44. The first-order valence-corrected chi connectivity index (χ1v) is 7.71. The number of nitrogens with one attached hydrogen (secondary N) is 1. The molecule has 1 aromatic rings. The van der Waals surface area contributed by atoms with E-state index in [0.717, 1.165) is 36.7 Å². The van der Waals surface area contributed by atoms with Crippen LogP contribution in [-0.2, 0) is 0 Å². The Morgan fingerprint density at radius 2 is 1.90 bits per heavy atom. The van der Waals surface area contributed by atoms with Crippen LogP contribution >= 0.6 is 40.7 Å². The smallest absolute Gasteiger partial charge is 0.106 e. The molecule has 1 aromatic heterocycles. The lowest BCUT2D eigenvalue weighted by atomic mass is 9.77. The molecule has 3 rings (SSSR count). The van der Waals surface area contributed by atoms with Crippen LogP contribution in [0, 0.1) is 5.92 Å². The van der Waals surface area contributed by atoms with Gasteiger partial charge in [0.25, 0.3) is 0 Å². The van der Waals surface area contributed by atoms with Gasteiger partial charge in [0, 0.05) is 26.2 Å². The maximum Gasteiger partial charge on any atom is 0.106 e. The van der Waals surface area contributed by atoms with Crippen LogP contribution in [-0.4, -0.2) is 36.1 Å². The lowest BCUT2D eigenvalue weighted by Crippen LogP contribution is -2.48. The van der Waals surface area contributed by atoms with Crippen LogP contribution < -0.4 is 5.32 Å². The maximum atomic E-state index is 4.71. The summed E-state index contributed by atoms with van der Waals surface area (Å²) in [5.41, 5.74) is 1.25. The van der Waals surface area contributed by atoms with Gasteiger partial charge in [-0.15, -0.1) is 24.8 Å². The fourth-order valence-electron chi connectivity index (χ4n) is 3.03. The first kappa shape index (κ1) is 18.2. The molecule has 0 radical (unpaired) electrons. The van der Waals surface area contributed by atoms with Crippen LogP contribution in [0.1, 0.15) is 31.0 Å². The predicted octanol–water partition coefficient (Wildman–Crippen LogP) is 3.43. The average molecular weight is 383 g/mol. The molecule has 1 N–H and O–H groups in total. The number of aromatic nitrogens is 1. The quantitative estimate of drug-likeness (QED) is 0.811. The molecular formula is C14H22BrCl2N3. The predicted molar refractivity (Wildman–Crippen MR) is 91.0 cm³/mol. The van der Waals surface area contributed by atoms with Crippen molar-refractivity contribution in [1.29, 1.82) is 0 Å².